The lowest BCUT2D eigenvalue weighted by molar-refractivity contribution is -0.120. The molecule has 2 N–H and O–H groups in total. The monoisotopic (exact) mass is 256 g/mol. The van der Waals surface area contributed by atoms with Crippen LogP contribution in [0.4, 0.5) is 5.69 Å². The Morgan fingerprint density at radius 3 is 2.35 bits per heavy atom. The summed E-state index contributed by atoms with van der Waals surface area (Å²) in [7, 11) is 1.76. The summed E-state index contributed by atoms with van der Waals surface area (Å²) >= 11 is 0. The number of anilines is 1. The second-order valence-corrected chi connectivity index (χ2v) is 4.14. The molecule has 0 aliphatic heterocycles. The molecule has 0 aliphatic carbocycles. The zero-order valence-electron chi connectivity index (χ0n) is 10.6. The Kier molecular flexibility index (Phi) is 6.85. The van der Waals surface area contributed by atoms with Crippen molar-refractivity contribution in [2.75, 3.05) is 11.9 Å². The Morgan fingerprint density at radius 2 is 1.88 bits per heavy atom. The van der Waals surface area contributed by atoms with E-state index in [1.165, 1.54) is 0 Å². The van der Waals surface area contributed by atoms with Crippen LogP contribution < -0.4 is 10.6 Å². The number of rotatable bonds is 4. The van der Waals surface area contributed by atoms with Gasteiger partial charge in [-0.3, -0.25) is 4.79 Å². The van der Waals surface area contributed by atoms with Gasteiger partial charge in [0.1, 0.15) is 0 Å². The molecule has 1 amide bonds. The Hall–Kier alpha value is -1.06. The van der Waals surface area contributed by atoms with Crippen LogP contribution in [-0.2, 0) is 4.79 Å². The fourth-order valence-electron chi connectivity index (χ4n) is 1.50. The number of likely N-dealkylation sites (N-methyl/N-ethyl adjacent to an activating group) is 1. The van der Waals surface area contributed by atoms with Crippen molar-refractivity contribution >= 4 is 24.0 Å². The molecule has 1 aromatic rings. The first-order valence-electron chi connectivity index (χ1n) is 5.66. The zero-order chi connectivity index (χ0) is 12.1. The average Bonchev–Trinajstić information content (AvgIpc) is 2.36. The van der Waals surface area contributed by atoms with Crippen LogP contribution in [0.15, 0.2) is 30.3 Å². The number of para-hydroxylation sites is 1. The number of halogens is 1. The van der Waals surface area contributed by atoms with Crippen molar-refractivity contribution in [2.24, 2.45) is 11.7 Å². The molecule has 0 saturated carbocycles. The molecular weight excluding hydrogens is 236 g/mol. The Balaban J connectivity index is 0.00000256. The standard InChI is InChI=1S/C13H20N2O.ClH/c1-4-10(2)12(14)13(16)15(3)11-8-6-5-7-9-11;/h5-10,12H,4,14H2,1-3H3;1H. The van der Waals surface area contributed by atoms with Gasteiger partial charge in [0.2, 0.25) is 5.91 Å². The van der Waals surface area contributed by atoms with Crippen molar-refractivity contribution in [1.29, 1.82) is 0 Å². The van der Waals surface area contributed by atoms with E-state index < -0.39 is 6.04 Å². The van der Waals surface area contributed by atoms with E-state index in [-0.39, 0.29) is 24.2 Å². The molecule has 3 nitrogen and oxygen atoms in total. The summed E-state index contributed by atoms with van der Waals surface area (Å²) in [6.07, 6.45) is 0.912. The van der Waals surface area contributed by atoms with Crippen LogP contribution in [0.3, 0.4) is 0 Å². The van der Waals surface area contributed by atoms with Gasteiger partial charge in [0.25, 0.3) is 0 Å². The highest BCUT2D eigenvalue weighted by molar-refractivity contribution is 5.96. The predicted octanol–water partition coefficient (Wildman–Crippen LogP) is 2.44. The fraction of sp³-hybridized carbons (Fsp3) is 0.462. The van der Waals surface area contributed by atoms with Crippen LogP contribution in [0, 0.1) is 5.92 Å². The van der Waals surface area contributed by atoms with Gasteiger partial charge in [-0.25, -0.2) is 0 Å². The number of hydrogen-bond donors (Lipinski definition) is 1. The number of benzene rings is 1. The molecule has 4 heteroatoms. The molecule has 0 bridgehead atoms. The summed E-state index contributed by atoms with van der Waals surface area (Å²) in [4.78, 5) is 13.7. The van der Waals surface area contributed by atoms with Crippen molar-refractivity contribution in [2.45, 2.75) is 26.3 Å². The molecular formula is C13H21ClN2O. The second kappa shape index (κ2) is 7.30. The van der Waals surface area contributed by atoms with Gasteiger partial charge >= 0.3 is 0 Å². The van der Waals surface area contributed by atoms with Crippen LogP contribution in [0.2, 0.25) is 0 Å². The van der Waals surface area contributed by atoms with Gasteiger partial charge in [-0.15, -0.1) is 12.4 Å². The molecule has 1 rings (SSSR count). The highest BCUT2D eigenvalue weighted by Gasteiger charge is 2.23. The number of nitrogens with zero attached hydrogens (tertiary/aromatic N) is 1. The van der Waals surface area contributed by atoms with E-state index in [1.807, 2.05) is 44.2 Å². The van der Waals surface area contributed by atoms with E-state index in [2.05, 4.69) is 0 Å². The minimum absolute atomic E-state index is 0. The minimum Gasteiger partial charge on any atom is -0.320 e. The third-order valence-corrected chi connectivity index (χ3v) is 3.02. The van der Waals surface area contributed by atoms with Crippen molar-refractivity contribution in [1.82, 2.24) is 0 Å². The number of carbonyl (C=O) groups is 1. The lowest BCUT2D eigenvalue weighted by Gasteiger charge is -2.24. The summed E-state index contributed by atoms with van der Waals surface area (Å²) in [5.41, 5.74) is 6.80. The molecule has 0 saturated heterocycles. The van der Waals surface area contributed by atoms with Crippen LogP contribution >= 0.6 is 12.4 Å². The second-order valence-electron chi connectivity index (χ2n) is 4.14. The molecule has 0 spiro atoms. The topological polar surface area (TPSA) is 46.3 Å². The number of carbonyl (C=O) groups excluding carboxylic acids is 1. The lowest BCUT2D eigenvalue weighted by atomic mass is 9.99. The molecule has 0 aromatic heterocycles. The maximum Gasteiger partial charge on any atom is 0.243 e. The minimum atomic E-state index is -0.421. The third kappa shape index (κ3) is 4.02. The lowest BCUT2D eigenvalue weighted by Crippen LogP contribution is -2.45. The Morgan fingerprint density at radius 1 is 1.35 bits per heavy atom. The van der Waals surface area contributed by atoms with Gasteiger partial charge in [0, 0.05) is 12.7 Å². The Bertz CT molecular complexity index is 343. The van der Waals surface area contributed by atoms with Gasteiger partial charge in [0.05, 0.1) is 6.04 Å². The first-order valence-corrected chi connectivity index (χ1v) is 5.66. The molecule has 2 atom stereocenters. The smallest absolute Gasteiger partial charge is 0.243 e. The first kappa shape index (κ1) is 15.9. The molecule has 1 aromatic carbocycles. The third-order valence-electron chi connectivity index (χ3n) is 3.02. The summed E-state index contributed by atoms with van der Waals surface area (Å²) in [6.45, 7) is 4.04. The molecule has 0 aliphatic rings. The van der Waals surface area contributed by atoms with Crippen molar-refractivity contribution in [3.63, 3.8) is 0 Å². The molecule has 96 valence electrons. The van der Waals surface area contributed by atoms with Gasteiger partial charge in [0.15, 0.2) is 0 Å². The Labute approximate surface area is 109 Å². The summed E-state index contributed by atoms with van der Waals surface area (Å²) in [5.74, 6) is 0.180. The van der Waals surface area contributed by atoms with Gasteiger partial charge in [-0.1, -0.05) is 38.5 Å². The van der Waals surface area contributed by atoms with Crippen molar-refractivity contribution in [3.8, 4) is 0 Å². The molecule has 0 fully saturated rings. The molecule has 17 heavy (non-hydrogen) atoms. The average molecular weight is 257 g/mol. The van der Waals surface area contributed by atoms with Crippen LogP contribution in [0.1, 0.15) is 20.3 Å². The summed E-state index contributed by atoms with van der Waals surface area (Å²) < 4.78 is 0. The maximum atomic E-state index is 12.0. The van der Waals surface area contributed by atoms with Gasteiger partial charge in [-0.05, 0) is 18.1 Å². The molecule has 2 unspecified atom stereocenters. The zero-order valence-corrected chi connectivity index (χ0v) is 11.4. The largest absolute Gasteiger partial charge is 0.320 e. The van der Waals surface area contributed by atoms with E-state index >= 15 is 0 Å². The number of nitrogens with two attached hydrogens (primary N) is 1. The van der Waals surface area contributed by atoms with Crippen molar-refractivity contribution in [3.05, 3.63) is 30.3 Å². The van der Waals surface area contributed by atoms with E-state index in [0.29, 0.717) is 0 Å². The first-order chi connectivity index (χ1) is 7.57. The van der Waals surface area contributed by atoms with Gasteiger partial charge < -0.3 is 10.6 Å². The van der Waals surface area contributed by atoms with Crippen LogP contribution in [-0.4, -0.2) is 19.0 Å². The SMILES string of the molecule is CCC(C)C(N)C(=O)N(C)c1ccccc1.Cl. The quantitative estimate of drug-likeness (QED) is 0.900. The van der Waals surface area contributed by atoms with E-state index in [9.17, 15) is 4.79 Å². The molecule has 0 radical (unpaired) electrons. The highest BCUT2D eigenvalue weighted by atomic mass is 35.5. The summed E-state index contributed by atoms with van der Waals surface area (Å²) in [5, 5.41) is 0. The fourth-order valence-corrected chi connectivity index (χ4v) is 1.50. The van der Waals surface area contributed by atoms with E-state index in [1.54, 1.807) is 11.9 Å². The number of amides is 1. The van der Waals surface area contributed by atoms with Crippen molar-refractivity contribution < 1.29 is 4.79 Å². The van der Waals surface area contributed by atoms with E-state index in [4.69, 9.17) is 5.73 Å². The van der Waals surface area contributed by atoms with Crippen LogP contribution in [0.5, 0.6) is 0 Å². The van der Waals surface area contributed by atoms with Gasteiger partial charge in [-0.2, -0.15) is 0 Å². The molecule has 0 heterocycles. The van der Waals surface area contributed by atoms with E-state index in [0.717, 1.165) is 12.1 Å². The normalized spacial score (nSPS) is 13.4. The summed E-state index contributed by atoms with van der Waals surface area (Å²) in [6, 6.07) is 9.14. The number of hydrogen-bond acceptors (Lipinski definition) is 2. The van der Waals surface area contributed by atoms with Crippen LogP contribution in [0.25, 0.3) is 0 Å². The maximum absolute atomic E-state index is 12.0. The highest BCUT2D eigenvalue weighted by Crippen LogP contribution is 2.15. The predicted molar refractivity (Wildman–Crippen MR) is 74.5 cm³/mol.